The van der Waals surface area contributed by atoms with E-state index in [2.05, 4.69) is 10.1 Å². The minimum absolute atomic E-state index is 0.277. The number of methoxy groups -OCH3 is 1. The van der Waals surface area contributed by atoms with E-state index in [1.54, 1.807) is 24.3 Å². The third-order valence-electron chi connectivity index (χ3n) is 2.69. The van der Waals surface area contributed by atoms with Crippen LogP contribution in [-0.4, -0.2) is 21.5 Å². The lowest BCUT2D eigenvalue weighted by molar-refractivity contribution is 0.0600. The number of hydrogen-bond acceptors (Lipinski definition) is 6. The van der Waals surface area contributed by atoms with Crippen LogP contribution < -0.4 is 10.5 Å². The first kappa shape index (κ1) is 15.1. The summed E-state index contributed by atoms with van der Waals surface area (Å²) in [6.45, 7) is 0.285. The van der Waals surface area contributed by atoms with Gasteiger partial charge in [0, 0.05) is 5.69 Å². The van der Waals surface area contributed by atoms with E-state index in [0.717, 1.165) is 5.69 Å². The summed E-state index contributed by atoms with van der Waals surface area (Å²) in [5.41, 5.74) is 1.19. The summed E-state index contributed by atoms with van der Waals surface area (Å²) >= 11 is 0. The first-order valence-electron chi connectivity index (χ1n) is 5.94. The number of primary sulfonamides is 1. The monoisotopic (exact) mass is 310 g/mol. The van der Waals surface area contributed by atoms with E-state index >= 15 is 0 Å². The lowest BCUT2D eigenvalue weighted by atomic mass is 10.2. The molecule has 0 aliphatic heterocycles. The largest absolute Gasteiger partial charge is 0.465 e. The molecule has 3 N–H and O–H groups in total. The molecule has 8 heteroatoms. The molecule has 0 atom stereocenters. The highest BCUT2D eigenvalue weighted by Crippen LogP contribution is 2.15. The van der Waals surface area contributed by atoms with E-state index < -0.39 is 16.0 Å². The Kier molecular flexibility index (Phi) is 4.29. The topological polar surface area (TPSA) is 112 Å². The third kappa shape index (κ3) is 3.83. The number of nitrogens with one attached hydrogen (secondary N) is 1. The summed E-state index contributed by atoms with van der Waals surface area (Å²) in [5, 5.41) is 7.70. The molecule has 112 valence electrons. The Morgan fingerprint density at radius 2 is 1.90 bits per heavy atom. The van der Waals surface area contributed by atoms with Crippen molar-refractivity contribution in [3.8, 4) is 0 Å². The van der Waals surface area contributed by atoms with Crippen LogP contribution in [0.4, 0.5) is 5.69 Å². The molecule has 2 aromatic rings. The van der Waals surface area contributed by atoms with Crippen LogP contribution >= 0.6 is 0 Å². The molecular weight excluding hydrogens is 296 g/mol. The van der Waals surface area contributed by atoms with Crippen molar-refractivity contribution < 1.29 is 22.4 Å². The average Bonchev–Trinajstić information content (AvgIpc) is 2.94. The maximum atomic E-state index is 11.3. The van der Waals surface area contributed by atoms with Gasteiger partial charge < -0.3 is 14.5 Å². The molecule has 0 bridgehead atoms. The quantitative estimate of drug-likeness (QED) is 0.806. The summed E-state index contributed by atoms with van der Waals surface area (Å²) < 4.78 is 31.8. The predicted octanol–water partition coefficient (Wildman–Crippen LogP) is 1.33. The molecule has 21 heavy (non-hydrogen) atoms. The fourth-order valence-corrected chi connectivity index (χ4v) is 2.12. The molecule has 0 unspecified atom stereocenters. The van der Waals surface area contributed by atoms with Crippen molar-refractivity contribution in [2.75, 3.05) is 12.4 Å². The zero-order valence-corrected chi connectivity index (χ0v) is 12.0. The van der Waals surface area contributed by atoms with Gasteiger partial charge in [-0.2, -0.15) is 0 Å². The van der Waals surface area contributed by atoms with Crippen LogP contribution in [0.15, 0.2) is 45.9 Å². The van der Waals surface area contributed by atoms with Gasteiger partial charge in [0.2, 0.25) is 5.09 Å². The number of furan rings is 1. The fraction of sp³-hybridized carbons (Fsp3) is 0.154. The molecule has 1 aromatic carbocycles. The van der Waals surface area contributed by atoms with Crippen LogP contribution in [0, 0.1) is 0 Å². The number of esters is 1. The smallest absolute Gasteiger partial charge is 0.337 e. The third-order valence-corrected chi connectivity index (χ3v) is 3.47. The maximum absolute atomic E-state index is 11.3. The Morgan fingerprint density at radius 1 is 1.24 bits per heavy atom. The summed E-state index contributed by atoms with van der Waals surface area (Å²) in [5.74, 6) is 0.0152. The van der Waals surface area contributed by atoms with Crippen molar-refractivity contribution in [3.05, 3.63) is 47.7 Å². The van der Waals surface area contributed by atoms with E-state index in [1.807, 2.05) is 0 Å². The van der Waals surface area contributed by atoms with Gasteiger partial charge in [0.25, 0.3) is 10.0 Å². The van der Waals surface area contributed by atoms with Crippen molar-refractivity contribution in [2.24, 2.45) is 5.14 Å². The van der Waals surface area contributed by atoms with Crippen molar-refractivity contribution in [3.63, 3.8) is 0 Å². The van der Waals surface area contributed by atoms with Crippen LogP contribution in [0.5, 0.6) is 0 Å². The van der Waals surface area contributed by atoms with Gasteiger partial charge in [-0.3, -0.25) is 0 Å². The first-order chi connectivity index (χ1) is 9.90. The van der Waals surface area contributed by atoms with Crippen LogP contribution in [0.2, 0.25) is 0 Å². The minimum atomic E-state index is -3.83. The van der Waals surface area contributed by atoms with Gasteiger partial charge in [-0.15, -0.1) is 0 Å². The molecule has 7 nitrogen and oxygen atoms in total. The summed E-state index contributed by atoms with van der Waals surface area (Å²) in [6.07, 6.45) is 0. The molecular formula is C13H14N2O5S. The zero-order chi connectivity index (χ0) is 15.5. The van der Waals surface area contributed by atoms with Gasteiger partial charge in [-0.1, -0.05) is 0 Å². The number of sulfonamides is 1. The van der Waals surface area contributed by atoms with Crippen molar-refractivity contribution in [1.82, 2.24) is 0 Å². The molecule has 1 aromatic heterocycles. The summed E-state index contributed by atoms with van der Waals surface area (Å²) in [4.78, 5) is 11.3. The number of benzene rings is 1. The second-order valence-corrected chi connectivity index (χ2v) is 5.68. The lowest BCUT2D eigenvalue weighted by Crippen LogP contribution is -2.10. The number of ether oxygens (including phenoxy) is 1. The lowest BCUT2D eigenvalue weighted by Gasteiger charge is -2.05. The number of rotatable bonds is 5. The number of nitrogens with two attached hydrogens (primary N) is 1. The van der Waals surface area contributed by atoms with Crippen molar-refractivity contribution in [1.29, 1.82) is 0 Å². The van der Waals surface area contributed by atoms with E-state index in [0.29, 0.717) is 11.3 Å². The van der Waals surface area contributed by atoms with E-state index in [4.69, 9.17) is 9.56 Å². The highest BCUT2D eigenvalue weighted by Gasteiger charge is 2.13. The standard InChI is InChI=1S/C13H14N2O5S/c1-19-13(16)9-2-4-10(5-3-9)15-8-11-6-7-12(20-11)21(14,17)18/h2-7,15H,8H2,1H3,(H2,14,17,18). The zero-order valence-electron chi connectivity index (χ0n) is 11.2. The van der Waals surface area contributed by atoms with E-state index in [9.17, 15) is 13.2 Å². The number of hydrogen-bond donors (Lipinski definition) is 2. The Bertz CT molecular complexity index is 734. The van der Waals surface area contributed by atoms with Gasteiger partial charge in [-0.25, -0.2) is 18.4 Å². The molecule has 0 saturated carbocycles. The van der Waals surface area contributed by atoms with Crippen LogP contribution in [-0.2, 0) is 21.3 Å². The minimum Gasteiger partial charge on any atom is -0.465 e. The molecule has 2 rings (SSSR count). The summed E-state index contributed by atoms with van der Waals surface area (Å²) in [6, 6.07) is 9.46. The second kappa shape index (κ2) is 5.98. The summed E-state index contributed by atoms with van der Waals surface area (Å²) in [7, 11) is -2.51. The van der Waals surface area contributed by atoms with Crippen molar-refractivity contribution in [2.45, 2.75) is 11.6 Å². The van der Waals surface area contributed by atoms with Gasteiger partial charge in [-0.05, 0) is 36.4 Å². The van der Waals surface area contributed by atoms with Crippen molar-refractivity contribution >= 4 is 21.7 Å². The number of carbonyl (C=O) groups excluding carboxylic acids is 1. The predicted molar refractivity (Wildman–Crippen MR) is 75.2 cm³/mol. The molecule has 0 spiro atoms. The average molecular weight is 310 g/mol. The van der Waals surface area contributed by atoms with E-state index in [1.165, 1.54) is 19.2 Å². The van der Waals surface area contributed by atoms with Gasteiger partial charge in [0.1, 0.15) is 5.76 Å². The Labute approximate surface area is 121 Å². The highest BCUT2D eigenvalue weighted by molar-refractivity contribution is 7.89. The van der Waals surface area contributed by atoms with Crippen LogP contribution in [0.1, 0.15) is 16.1 Å². The first-order valence-corrected chi connectivity index (χ1v) is 7.48. The van der Waals surface area contributed by atoms with Crippen LogP contribution in [0.3, 0.4) is 0 Å². The van der Waals surface area contributed by atoms with E-state index in [-0.39, 0.29) is 11.6 Å². The molecule has 0 saturated heterocycles. The maximum Gasteiger partial charge on any atom is 0.337 e. The SMILES string of the molecule is COC(=O)c1ccc(NCc2ccc(S(N)(=O)=O)o2)cc1. The Morgan fingerprint density at radius 3 is 2.43 bits per heavy atom. The van der Waals surface area contributed by atoms with Gasteiger partial charge in [0.15, 0.2) is 0 Å². The number of anilines is 1. The molecule has 1 heterocycles. The molecule has 0 aliphatic rings. The molecule has 0 aliphatic carbocycles. The Hall–Kier alpha value is -2.32. The second-order valence-electron chi connectivity index (χ2n) is 4.19. The molecule has 0 fully saturated rings. The number of carbonyl (C=O) groups is 1. The Balaban J connectivity index is 2.00. The molecule has 0 radical (unpaired) electrons. The van der Waals surface area contributed by atoms with Gasteiger partial charge in [0.05, 0.1) is 19.2 Å². The highest BCUT2D eigenvalue weighted by atomic mass is 32.2. The van der Waals surface area contributed by atoms with Gasteiger partial charge >= 0.3 is 5.97 Å². The fourth-order valence-electron chi connectivity index (χ4n) is 1.64. The van der Waals surface area contributed by atoms with Crippen LogP contribution in [0.25, 0.3) is 0 Å². The molecule has 0 amide bonds. The normalized spacial score (nSPS) is 11.1.